The molecule has 0 aliphatic carbocycles. The molecule has 0 amide bonds. The maximum atomic E-state index is 12.9. The van der Waals surface area contributed by atoms with Crippen LogP contribution in [0.5, 0.6) is 0 Å². The summed E-state index contributed by atoms with van der Waals surface area (Å²) in [5.41, 5.74) is -1.52. The minimum atomic E-state index is -1.24. The zero-order valence-electron chi connectivity index (χ0n) is 14.8. The van der Waals surface area contributed by atoms with Gasteiger partial charge in [-0.2, -0.15) is 0 Å². The minimum absolute atomic E-state index is 0.173. The minimum Gasteiger partial charge on any atom is -0.464 e. The van der Waals surface area contributed by atoms with Crippen LogP contribution < -0.4 is 5.56 Å². The third kappa shape index (κ3) is 3.73. The van der Waals surface area contributed by atoms with E-state index >= 15 is 0 Å². The molecule has 0 unspecified atom stereocenters. The molecule has 2 aromatic rings. The Kier molecular flexibility index (Phi) is 5.94. The number of esters is 2. The van der Waals surface area contributed by atoms with Crippen LogP contribution in [0.4, 0.5) is 0 Å². The summed E-state index contributed by atoms with van der Waals surface area (Å²) in [7, 11) is 0. The van der Waals surface area contributed by atoms with E-state index < -0.39 is 23.0 Å². The fourth-order valence-corrected chi connectivity index (χ4v) is 3.14. The lowest BCUT2D eigenvalue weighted by molar-refractivity contribution is -0.152. The molecule has 0 saturated heterocycles. The average Bonchev–Trinajstić information content (AvgIpc) is 3.00. The monoisotopic (exact) mass is 366 g/mol. The molecule has 25 heavy (non-hydrogen) atoms. The van der Waals surface area contributed by atoms with Crippen LogP contribution in [0.3, 0.4) is 0 Å². The molecule has 0 aromatic carbocycles. The van der Waals surface area contributed by atoms with Crippen molar-refractivity contribution >= 4 is 33.5 Å². The number of rotatable bonds is 7. The number of aromatic nitrogens is 2. The van der Waals surface area contributed by atoms with Gasteiger partial charge >= 0.3 is 11.9 Å². The van der Waals surface area contributed by atoms with Crippen LogP contribution in [0, 0.1) is 0 Å². The second-order valence-corrected chi connectivity index (χ2v) is 6.88. The Morgan fingerprint density at radius 3 is 2.64 bits per heavy atom. The average molecular weight is 366 g/mol. The van der Waals surface area contributed by atoms with E-state index in [-0.39, 0.29) is 17.6 Å². The lowest BCUT2D eigenvalue weighted by Crippen LogP contribution is -2.44. The fourth-order valence-electron chi connectivity index (χ4n) is 2.27. The zero-order chi connectivity index (χ0) is 18.6. The number of nitrogens with zero attached hydrogens (tertiary/aromatic N) is 2. The number of thiophene rings is 1. The van der Waals surface area contributed by atoms with Gasteiger partial charge in [-0.05, 0) is 27.2 Å². The molecular formula is C17H22N2O5S. The van der Waals surface area contributed by atoms with E-state index in [0.29, 0.717) is 11.4 Å². The standard InChI is InChI=1S/C17H22N2O5S/c1-5-7-8-24-15(21)11-9-25-13-12(11)14(20)19(10-18-13)17(3,4)16(22)23-6-2/h9-10H,5-8H2,1-4H3. The van der Waals surface area contributed by atoms with E-state index in [1.807, 2.05) is 6.92 Å². The molecule has 0 spiro atoms. The summed E-state index contributed by atoms with van der Waals surface area (Å²) < 4.78 is 11.4. The van der Waals surface area contributed by atoms with Gasteiger partial charge in [-0.15, -0.1) is 11.3 Å². The van der Waals surface area contributed by atoms with Crippen LogP contribution in [-0.2, 0) is 19.8 Å². The van der Waals surface area contributed by atoms with Crippen molar-refractivity contribution in [2.45, 2.75) is 46.1 Å². The predicted octanol–water partition coefficient (Wildman–Crippen LogP) is 2.71. The molecular weight excluding hydrogens is 344 g/mol. The third-order valence-electron chi connectivity index (χ3n) is 3.82. The lowest BCUT2D eigenvalue weighted by atomic mass is 10.1. The maximum absolute atomic E-state index is 12.9. The van der Waals surface area contributed by atoms with Crippen LogP contribution >= 0.6 is 11.3 Å². The van der Waals surface area contributed by atoms with E-state index in [1.165, 1.54) is 22.2 Å². The lowest BCUT2D eigenvalue weighted by Gasteiger charge is -2.24. The zero-order valence-corrected chi connectivity index (χ0v) is 15.6. The number of carbonyl (C=O) groups is 2. The van der Waals surface area contributed by atoms with Gasteiger partial charge in [0.15, 0.2) is 0 Å². The number of hydrogen-bond donors (Lipinski definition) is 0. The molecule has 0 atom stereocenters. The Hall–Kier alpha value is -2.22. The highest BCUT2D eigenvalue weighted by atomic mass is 32.1. The van der Waals surface area contributed by atoms with Gasteiger partial charge in [0.2, 0.25) is 0 Å². The Morgan fingerprint density at radius 2 is 2.00 bits per heavy atom. The van der Waals surface area contributed by atoms with Crippen LogP contribution in [-0.4, -0.2) is 34.7 Å². The van der Waals surface area contributed by atoms with Crippen molar-refractivity contribution in [1.29, 1.82) is 0 Å². The smallest absolute Gasteiger partial charge is 0.339 e. The molecule has 0 aliphatic heterocycles. The van der Waals surface area contributed by atoms with Gasteiger partial charge in [0, 0.05) is 5.38 Å². The topological polar surface area (TPSA) is 87.5 Å². The van der Waals surface area contributed by atoms with E-state index in [0.717, 1.165) is 12.8 Å². The third-order valence-corrected chi connectivity index (χ3v) is 4.71. The quantitative estimate of drug-likeness (QED) is 0.553. The second kappa shape index (κ2) is 7.77. The molecule has 2 aromatic heterocycles. The van der Waals surface area contributed by atoms with Gasteiger partial charge in [0.05, 0.1) is 24.2 Å². The molecule has 0 aliphatic rings. The molecule has 136 valence electrons. The van der Waals surface area contributed by atoms with Crippen LogP contribution in [0.2, 0.25) is 0 Å². The van der Waals surface area contributed by atoms with E-state index in [1.54, 1.807) is 26.2 Å². The molecule has 7 nitrogen and oxygen atoms in total. The van der Waals surface area contributed by atoms with Crippen LogP contribution in [0.1, 0.15) is 50.9 Å². The summed E-state index contributed by atoms with van der Waals surface area (Å²) in [5, 5.41) is 1.74. The Morgan fingerprint density at radius 1 is 1.28 bits per heavy atom. The Labute approximate surface area is 149 Å². The Balaban J connectivity index is 2.48. The summed E-state index contributed by atoms with van der Waals surface area (Å²) in [5.74, 6) is -1.09. The number of fused-ring (bicyclic) bond motifs is 1. The van der Waals surface area contributed by atoms with Crippen LogP contribution in [0.25, 0.3) is 10.2 Å². The normalized spacial score (nSPS) is 11.5. The van der Waals surface area contributed by atoms with E-state index in [4.69, 9.17) is 9.47 Å². The SMILES string of the molecule is CCCCOC(=O)c1csc2ncn(C(C)(C)C(=O)OCC)c(=O)c12. The molecule has 0 radical (unpaired) electrons. The first-order valence-electron chi connectivity index (χ1n) is 8.18. The van der Waals surface area contributed by atoms with Gasteiger partial charge in [-0.3, -0.25) is 9.36 Å². The van der Waals surface area contributed by atoms with Crippen molar-refractivity contribution in [2.75, 3.05) is 13.2 Å². The molecule has 0 saturated carbocycles. The first kappa shape index (κ1) is 19.1. The van der Waals surface area contributed by atoms with Gasteiger partial charge in [-0.1, -0.05) is 13.3 Å². The highest BCUT2D eigenvalue weighted by molar-refractivity contribution is 7.17. The summed E-state index contributed by atoms with van der Waals surface area (Å²) in [6, 6.07) is 0. The van der Waals surface area contributed by atoms with Crippen molar-refractivity contribution in [3.05, 3.63) is 27.6 Å². The first-order chi connectivity index (χ1) is 11.8. The maximum Gasteiger partial charge on any atom is 0.339 e. The summed E-state index contributed by atoms with van der Waals surface area (Å²) >= 11 is 1.19. The molecule has 0 fully saturated rings. The van der Waals surface area contributed by atoms with Gasteiger partial charge in [-0.25, -0.2) is 14.6 Å². The van der Waals surface area contributed by atoms with E-state index in [2.05, 4.69) is 4.98 Å². The van der Waals surface area contributed by atoms with Crippen LogP contribution in [0.15, 0.2) is 16.5 Å². The van der Waals surface area contributed by atoms with Crippen molar-refractivity contribution in [1.82, 2.24) is 9.55 Å². The summed E-state index contributed by atoms with van der Waals surface area (Å²) in [4.78, 5) is 42.0. The second-order valence-electron chi connectivity index (χ2n) is 6.02. The molecule has 2 rings (SSSR count). The predicted molar refractivity (Wildman–Crippen MR) is 95.0 cm³/mol. The Bertz CT molecular complexity index is 837. The van der Waals surface area contributed by atoms with Crippen molar-refractivity contribution in [2.24, 2.45) is 0 Å². The fraction of sp³-hybridized carbons (Fsp3) is 0.529. The number of ether oxygens (including phenoxy) is 2. The number of carbonyl (C=O) groups excluding carboxylic acids is 2. The summed E-state index contributed by atoms with van der Waals surface area (Å²) in [6.45, 7) is 7.35. The highest BCUT2D eigenvalue weighted by Crippen LogP contribution is 2.24. The van der Waals surface area contributed by atoms with Crippen molar-refractivity contribution in [3.8, 4) is 0 Å². The van der Waals surface area contributed by atoms with Gasteiger partial charge < -0.3 is 9.47 Å². The first-order valence-corrected chi connectivity index (χ1v) is 9.06. The molecule has 0 N–H and O–H groups in total. The van der Waals surface area contributed by atoms with Gasteiger partial charge in [0.1, 0.15) is 16.7 Å². The van der Waals surface area contributed by atoms with Crippen molar-refractivity contribution < 1.29 is 19.1 Å². The van der Waals surface area contributed by atoms with Crippen molar-refractivity contribution in [3.63, 3.8) is 0 Å². The van der Waals surface area contributed by atoms with E-state index in [9.17, 15) is 14.4 Å². The highest BCUT2D eigenvalue weighted by Gasteiger charge is 2.33. The van der Waals surface area contributed by atoms with Gasteiger partial charge in [0.25, 0.3) is 5.56 Å². The largest absolute Gasteiger partial charge is 0.464 e. The molecule has 2 heterocycles. The summed E-state index contributed by atoms with van der Waals surface area (Å²) in [6.07, 6.45) is 2.97. The number of unbranched alkanes of at least 4 members (excludes halogenated alkanes) is 1. The number of hydrogen-bond acceptors (Lipinski definition) is 7. The molecule has 0 bridgehead atoms. The molecule has 8 heteroatoms.